The first-order valence-corrected chi connectivity index (χ1v) is 10.7. The maximum atomic E-state index is 13.2. The van der Waals surface area contributed by atoms with Crippen molar-refractivity contribution in [1.82, 2.24) is 19.0 Å². The van der Waals surface area contributed by atoms with Gasteiger partial charge in [-0.15, -0.1) is 0 Å². The minimum Gasteiger partial charge on any atom is -0.483 e. The lowest BCUT2D eigenvalue weighted by molar-refractivity contribution is 0.0532. The minimum absolute atomic E-state index is 0.131. The van der Waals surface area contributed by atoms with Gasteiger partial charge in [-0.25, -0.2) is 8.42 Å². The highest BCUT2D eigenvalue weighted by Crippen LogP contribution is 2.39. The smallest absolute Gasteiger partial charge is 0.247 e. The zero-order chi connectivity index (χ0) is 19.2. The molecule has 0 amide bonds. The summed E-state index contributed by atoms with van der Waals surface area (Å²) in [6, 6.07) is 6.85. The quantitative estimate of drug-likeness (QED) is 0.800. The predicted octanol–water partition coefficient (Wildman–Crippen LogP) is 1.86. The SMILES string of the molecule is CC(C)N1C[C@]2(CCN(Cc3cnn(C)c3)C2)Oc2ccccc2S1(=O)=O. The van der Waals surface area contributed by atoms with Gasteiger partial charge in [0.25, 0.3) is 0 Å². The van der Waals surface area contributed by atoms with Gasteiger partial charge in [0.1, 0.15) is 16.2 Å². The first kappa shape index (κ1) is 18.5. The number of benzene rings is 1. The molecule has 4 rings (SSSR count). The van der Waals surface area contributed by atoms with Gasteiger partial charge in [0, 0.05) is 50.9 Å². The van der Waals surface area contributed by atoms with E-state index in [1.54, 1.807) is 27.2 Å². The Hall–Kier alpha value is -1.90. The first-order chi connectivity index (χ1) is 12.8. The molecule has 27 heavy (non-hydrogen) atoms. The van der Waals surface area contributed by atoms with Crippen molar-refractivity contribution >= 4 is 10.0 Å². The van der Waals surface area contributed by atoms with Gasteiger partial charge >= 0.3 is 0 Å². The van der Waals surface area contributed by atoms with Crippen molar-refractivity contribution in [3.63, 3.8) is 0 Å². The van der Waals surface area contributed by atoms with Crippen molar-refractivity contribution in [1.29, 1.82) is 0 Å². The van der Waals surface area contributed by atoms with Crippen LogP contribution in [0.2, 0.25) is 0 Å². The maximum Gasteiger partial charge on any atom is 0.247 e. The Balaban J connectivity index is 1.65. The monoisotopic (exact) mass is 390 g/mol. The molecular weight excluding hydrogens is 364 g/mol. The van der Waals surface area contributed by atoms with E-state index in [1.165, 1.54) is 0 Å². The van der Waals surface area contributed by atoms with E-state index in [4.69, 9.17) is 4.74 Å². The number of fused-ring (bicyclic) bond motifs is 1. The molecule has 7 nitrogen and oxygen atoms in total. The second kappa shape index (κ2) is 6.61. The second-order valence-corrected chi connectivity index (χ2v) is 9.72. The van der Waals surface area contributed by atoms with E-state index in [1.807, 2.05) is 39.4 Å². The zero-order valence-corrected chi connectivity index (χ0v) is 16.8. The third kappa shape index (κ3) is 3.37. The van der Waals surface area contributed by atoms with Crippen LogP contribution in [0.1, 0.15) is 25.8 Å². The largest absolute Gasteiger partial charge is 0.483 e. The van der Waals surface area contributed by atoms with E-state index in [0.29, 0.717) is 18.8 Å². The number of sulfonamides is 1. The lowest BCUT2D eigenvalue weighted by Gasteiger charge is -2.33. The lowest BCUT2D eigenvalue weighted by Crippen LogP contribution is -2.51. The molecule has 1 aromatic carbocycles. The van der Waals surface area contributed by atoms with E-state index < -0.39 is 15.6 Å². The topological polar surface area (TPSA) is 67.7 Å². The summed E-state index contributed by atoms with van der Waals surface area (Å²) in [6.45, 7) is 6.54. The molecule has 1 atom stereocenters. The van der Waals surface area contributed by atoms with Gasteiger partial charge in [-0.3, -0.25) is 9.58 Å². The third-order valence-electron chi connectivity index (χ3n) is 5.34. The number of aryl methyl sites for hydroxylation is 1. The minimum atomic E-state index is -3.58. The highest BCUT2D eigenvalue weighted by atomic mass is 32.2. The Bertz CT molecular complexity index is 940. The molecule has 0 saturated carbocycles. The summed E-state index contributed by atoms with van der Waals surface area (Å²) in [4.78, 5) is 2.58. The van der Waals surface area contributed by atoms with Crippen LogP contribution in [0.5, 0.6) is 5.75 Å². The standard InChI is InChI=1S/C19H26N4O3S/c1-15(2)23-14-19(26-17-6-4-5-7-18(17)27(23,24)25)8-9-22(13-19)12-16-10-20-21(3)11-16/h4-7,10-11,15H,8-9,12-14H2,1-3H3/t19-/m1/s1. The first-order valence-electron chi connectivity index (χ1n) is 9.29. The highest BCUT2D eigenvalue weighted by Gasteiger charge is 2.48. The normalized spacial score (nSPS) is 25.5. The summed E-state index contributed by atoms with van der Waals surface area (Å²) >= 11 is 0. The van der Waals surface area contributed by atoms with Crippen LogP contribution in [0.25, 0.3) is 0 Å². The zero-order valence-electron chi connectivity index (χ0n) is 16.0. The van der Waals surface area contributed by atoms with E-state index in [-0.39, 0.29) is 10.9 Å². The number of aromatic nitrogens is 2. The molecule has 0 bridgehead atoms. The average Bonchev–Trinajstić information content (AvgIpc) is 3.17. The van der Waals surface area contributed by atoms with Crippen LogP contribution < -0.4 is 4.74 Å². The number of hydrogen-bond donors (Lipinski definition) is 0. The van der Waals surface area contributed by atoms with Gasteiger partial charge in [-0.2, -0.15) is 9.40 Å². The van der Waals surface area contributed by atoms with E-state index in [9.17, 15) is 8.42 Å². The van der Waals surface area contributed by atoms with Crippen molar-refractivity contribution in [3.05, 3.63) is 42.2 Å². The van der Waals surface area contributed by atoms with Crippen molar-refractivity contribution in [3.8, 4) is 5.75 Å². The van der Waals surface area contributed by atoms with E-state index in [0.717, 1.165) is 25.1 Å². The second-order valence-electron chi connectivity index (χ2n) is 7.86. The summed E-state index contributed by atoms with van der Waals surface area (Å²) in [5.74, 6) is 0.462. The van der Waals surface area contributed by atoms with Gasteiger partial charge in [-0.1, -0.05) is 12.1 Å². The number of hydrogen-bond acceptors (Lipinski definition) is 5. The molecule has 0 aliphatic carbocycles. The fourth-order valence-corrected chi connectivity index (χ4v) is 5.88. The van der Waals surface area contributed by atoms with Crippen molar-refractivity contribution < 1.29 is 13.2 Å². The van der Waals surface area contributed by atoms with Gasteiger partial charge in [0.15, 0.2) is 0 Å². The van der Waals surface area contributed by atoms with Gasteiger partial charge < -0.3 is 4.74 Å². The fraction of sp³-hybridized carbons (Fsp3) is 0.526. The summed E-state index contributed by atoms with van der Waals surface area (Å²) in [7, 11) is -1.67. The van der Waals surface area contributed by atoms with E-state index in [2.05, 4.69) is 10.00 Å². The Morgan fingerprint density at radius 3 is 2.74 bits per heavy atom. The van der Waals surface area contributed by atoms with Crippen LogP contribution in [0.4, 0.5) is 0 Å². The van der Waals surface area contributed by atoms with Crippen LogP contribution in [0.15, 0.2) is 41.6 Å². The number of para-hydroxylation sites is 1. The Morgan fingerprint density at radius 2 is 2.04 bits per heavy atom. The molecule has 0 N–H and O–H groups in total. The summed E-state index contributed by atoms with van der Waals surface area (Å²) in [5.41, 5.74) is 0.614. The molecule has 3 heterocycles. The molecule has 1 saturated heterocycles. The van der Waals surface area contributed by atoms with Crippen LogP contribution in [-0.2, 0) is 23.6 Å². The molecule has 2 aromatic rings. The van der Waals surface area contributed by atoms with E-state index >= 15 is 0 Å². The van der Waals surface area contributed by atoms with Crippen LogP contribution in [0.3, 0.4) is 0 Å². The molecular formula is C19H26N4O3S. The number of nitrogens with zero attached hydrogens (tertiary/aromatic N) is 4. The van der Waals surface area contributed by atoms with Gasteiger partial charge in [0.2, 0.25) is 10.0 Å². The van der Waals surface area contributed by atoms with Crippen molar-refractivity contribution in [2.45, 2.75) is 43.4 Å². The highest BCUT2D eigenvalue weighted by molar-refractivity contribution is 7.89. The van der Waals surface area contributed by atoms with Gasteiger partial charge in [-0.05, 0) is 26.0 Å². The third-order valence-corrected chi connectivity index (χ3v) is 7.40. The van der Waals surface area contributed by atoms with Crippen LogP contribution in [-0.4, -0.2) is 58.7 Å². The molecule has 0 radical (unpaired) electrons. The summed E-state index contributed by atoms with van der Waals surface area (Å²) in [6.07, 6.45) is 4.68. The Labute approximate surface area is 160 Å². The molecule has 1 spiro atoms. The molecule has 2 aliphatic heterocycles. The maximum absolute atomic E-state index is 13.2. The molecule has 8 heteroatoms. The fourth-order valence-electron chi connectivity index (χ4n) is 4.06. The number of ether oxygens (including phenoxy) is 1. The van der Waals surface area contributed by atoms with Crippen molar-refractivity contribution in [2.24, 2.45) is 7.05 Å². The Morgan fingerprint density at radius 1 is 1.26 bits per heavy atom. The molecule has 1 aromatic heterocycles. The number of likely N-dealkylation sites (tertiary alicyclic amines) is 1. The molecule has 1 fully saturated rings. The lowest BCUT2D eigenvalue weighted by atomic mass is 10.0. The molecule has 2 aliphatic rings. The molecule has 146 valence electrons. The van der Waals surface area contributed by atoms with Crippen LogP contribution >= 0.6 is 0 Å². The average molecular weight is 391 g/mol. The molecule has 0 unspecified atom stereocenters. The summed E-state index contributed by atoms with van der Waals surface area (Å²) < 4.78 is 36.2. The van der Waals surface area contributed by atoms with Crippen LogP contribution in [0, 0.1) is 0 Å². The Kier molecular flexibility index (Phi) is 4.52. The van der Waals surface area contributed by atoms with Crippen molar-refractivity contribution in [2.75, 3.05) is 19.6 Å². The predicted molar refractivity (Wildman–Crippen MR) is 102 cm³/mol. The van der Waals surface area contributed by atoms with Gasteiger partial charge in [0.05, 0.1) is 12.7 Å². The number of rotatable bonds is 3. The summed E-state index contributed by atoms with van der Waals surface area (Å²) in [5, 5.41) is 4.23.